The molecule has 3 aromatic carbocycles. The number of rotatable bonds is 8. The second-order valence-electron chi connectivity index (χ2n) is 6.23. The van der Waals surface area contributed by atoms with Gasteiger partial charge in [-0.1, -0.05) is 78.9 Å². The fourth-order valence-corrected chi connectivity index (χ4v) is 2.78. The van der Waals surface area contributed by atoms with Gasteiger partial charge in [-0.2, -0.15) is 0 Å². The Bertz CT molecular complexity index is 788. The summed E-state index contributed by atoms with van der Waals surface area (Å²) in [6.45, 7) is 0.836. The smallest absolute Gasteiger partial charge is 0.311 e. The molecule has 0 aromatic heterocycles. The fraction of sp³-hybridized carbons (Fsp3) is 0.174. The number of anilines is 1. The van der Waals surface area contributed by atoms with E-state index in [1.54, 1.807) is 0 Å². The Labute approximate surface area is 154 Å². The van der Waals surface area contributed by atoms with Gasteiger partial charge < -0.3 is 10.1 Å². The minimum atomic E-state index is -0.249. The van der Waals surface area contributed by atoms with Crippen molar-refractivity contribution < 1.29 is 9.53 Å². The zero-order chi connectivity index (χ0) is 18.0. The first-order chi connectivity index (χ1) is 12.8. The number of hydrogen-bond acceptors (Lipinski definition) is 3. The lowest BCUT2D eigenvalue weighted by Gasteiger charge is -2.18. The molecular weight excluding hydrogens is 322 g/mol. The van der Waals surface area contributed by atoms with Gasteiger partial charge in [-0.3, -0.25) is 4.79 Å². The van der Waals surface area contributed by atoms with E-state index in [9.17, 15) is 4.79 Å². The summed E-state index contributed by atoms with van der Waals surface area (Å²) in [5.74, 6) is -0.428. The van der Waals surface area contributed by atoms with Crippen molar-refractivity contribution in [2.45, 2.75) is 13.0 Å². The molecule has 0 fully saturated rings. The predicted molar refractivity (Wildman–Crippen MR) is 105 cm³/mol. The molecule has 132 valence electrons. The van der Waals surface area contributed by atoms with Gasteiger partial charge in [0.2, 0.25) is 0 Å². The molecule has 1 unspecified atom stereocenters. The number of benzene rings is 3. The average Bonchev–Trinajstić information content (AvgIpc) is 2.71. The van der Waals surface area contributed by atoms with Crippen LogP contribution in [0.25, 0.3) is 0 Å². The molecule has 1 atom stereocenters. The van der Waals surface area contributed by atoms with Crippen LogP contribution >= 0.6 is 0 Å². The molecule has 0 aliphatic heterocycles. The van der Waals surface area contributed by atoms with Crippen LogP contribution in [-0.4, -0.2) is 12.5 Å². The summed E-state index contributed by atoms with van der Waals surface area (Å²) in [5.41, 5.74) is 3.13. The van der Waals surface area contributed by atoms with Crippen molar-refractivity contribution in [3.63, 3.8) is 0 Å². The van der Waals surface area contributed by atoms with Crippen LogP contribution in [0.4, 0.5) is 5.69 Å². The SMILES string of the molecule is O=C(OCc1ccccc1)C(CNc1ccccc1)Cc1ccccc1. The van der Waals surface area contributed by atoms with Crippen LogP contribution in [-0.2, 0) is 22.6 Å². The maximum atomic E-state index is 12.7. The van der Waals surface area contributed by atoms with Crippen molar-refractivity contribution in [2.75, 3.05) is 11.9 Å². The van der Waals surface area contributed by atoms with E-state index in [4.69, 9.17) is 4.74 Å². The predicted octanol–water partition coefficient (Wildman–Crippen LogP) is 4.70. The van der Waals surface area contributed by atoms with E-state index in [-0.39, 0.29) is 11.9 Å². The number of para-hydroxylation sites is 1. The van der Waals surface area contributed by atoms with Gasteiger partial charge in [0.25, 0.3) is 0 Å². The molecule has 3 rings (SSSR count). The molecule has 0 aliphatic rings. The van der Waals surface area contributed by atoms with E-state index >= 15 is 0 Å². The van der Waals surface area contributed by atoms with Crippen molar-refractivity contribution in [3.8, 4) is 0 Å². The standard InChI is InChI=1S/C23H23NO2/c25-23(26-18-20-12-6-2-7-13-20)21(16-19-10-4-1-5-11-19)17-24-22-14-8-3-9-15-22/h1-15,21,24H,16-18H2. The van der Waals surface area contributed by atoms with Gasteiger partial charge in [-0.15, -0.1) is 0 Å². The summed E-state index contributed by atoms with van der Waals surface area (Å²) < 4.78 is 5.57. The minimum absolute atomic E-state index is 0.180. The summed E-state index contributed by atoms with van der Waals surface area (Å²) in [4.78, 5) is 12.7. The highest BCUT2D eigenvalue weighted by molar-refractivity contribution is 5.73. The molecule has 0 saturated heterocycles. The lowest BCUT2D eigenvalue weighted by molar-refractivity contribution is -0.149. The van der Waals surface area contributed by atoms with Crippen LogP contribution in [0.15, 0.2) is 91.0 Å². The molecule has 0 heterocycles. The lowest BCUT2D eigenvalue weighted by atomic mass is 9.99. The number of esters is 1. The van der Waals surface area contributed by atoms with E-state index < -0.39 is 0 Å². The number of ether oxygens (including phenoxy) is 1. The van der Waals surface area contributed by atoms with Crippen molar-refractivity contribution in [3.05, 3.63) is 102 Å². The van der Waals surface area contributed by atoms with Gasteiger partial charge in [0.05, 0.1) is 5.92 Å². The molecule has 0 saturated carbocycles. The second kappa shape index (κ2) is 9.42. The quantitative estimate of drug-likeness (QED) is 0.601. The number of hydrogen-bond donors (Lipinski definition) is 1. The van der Waals surface area contributed by atoms with Crippen LogP contribution in [0.5, 0.6) is 0 Å². The van der Waals surface area contributed by atoms with Crippen LogP contribution in [0.1, 0.15) is 11.1 Å². The highest BCUT2D eigenvalue weighted by Crippen LogP contribution is 2.14. The van der Waals surface area contributed by atoms with E-state index in [0.717, 1.165) is 16.8 Å². The summed E-state index contributed by atoms with van der Waals surface area (Å²) in [6.07, 6.45) is 0.647. The van der Waals surface area contributed by atoms with Gasteiger partial charge in [0.1, 0.15) is 6.61 Å². The van der Waals surface area contributed by atoms with Gasteiger partial charge in [-0.05, 0) is 29.7 Å². The van der Waals surface area contributed by atoms with E-state index in [1.807, 2.05) is 91.0 Å². The molecule has 0 bridgehead atoms. The molecule has 0 radical (unpaired) electrons. The van der Waals surface area contributed by atoms with Crippen molar-refractivity contribution >= 4 is 11.7 Å². The molecule has 26 heavy (non-hydrogen) atoms. The Balaban J connectivity index is 1.63. The fourth-order valence-electron chi connectivity index (χ4n) is 2.78. The van der Waals surface area contributed by atoms with Crippen molar-refractivity contribution in [2.24, 2.45) is 5.92 Å². The molecular formula is C23H23NO2. The molecule has 1 N–H and O–H groups in total. The Morgan fingerprint density at radius 1 is 0.769 bits per heavy atom. The van der Waals surface area contributed by atoms with Crippen molar-refractivity contribution in [1.82, 2.24) is 0 Å². The Morgan fingerprint density at radius 2 is 1.31 bits per heavy atom. The van der Waals surface area contributed by atoms with E-state index in [1.165, 1.54) is 0 Å². The maximum absolute atomic E-state index is 12.7. The first-order valence-corrected chi connectivity index (χ1v) is 8.84. The second-order valence-corrected chi connectivity index (χ2v) is 6.23. The largest absolute Gasteiger partial charge is 0.461 e. The number of carbonyl (C=O) groups is 1. The van der Waals surface area contributed by atoms with Crippen molar-refractivity contribution in [1.29, 1.82) is 0 Å². The summed E-state index contributed by atoms with van der Waals surface area (Å²) in [5, 5.41) is 3.34. The third-order valence-corrected chi connectivity index (χ3v) is 4.21. The first kappa shape index (κ1) is 17.7. The monoisotopic (exact) mass is 345 g/mol. The molecule has 0 aliphatic carbocycles. The Morgan fingerprint density at radius 3 is 1.92 bits per heavy atom. The highest BCUT2D eigenvalue weighted by Gasteiger charge is 2.20. The topological polar surface area (TPSA) is 38.3 Å². The van der Waals surface area contributed by atoms with Gasteiger partial charge in [0, 0.05) is 12.2 Å². The van der Waals surface area contributed by atoms with Crippen LogP contribution in [0.3, 0.4) is 0 Å². The molecule has 3 aromatic rings. The highest BCUT2D eigenvalue weighted by atomic mass is 16.5. The third kappa shape index (κ3) is 5.49. The Kier molecular flexibility index (Phi) is 6.43. The van der Waals surface area contributed by atoms with Gasteiger partial charge in [0.15, 0.2) is 0 Å². The van der Waals surface area contributed by atoms with E-state index in [2.05, 4.69) is 5.32 Å². The number of carbonyl (C=O) groups excluding carboxylic acids is 1. The van der Waals surface area contributed by atoms with Gasteiger partial charge >= 0.3 is 5.97 Å². The maximum Gasteiger partial charge on any atom is 0.311 e. The molecule has 3 nitrogen and oxygen atoms in total. The molecule has 0 spiro atoms. The zero-order valence-corrected chi connectivity index (χ0v) is 14.7. The van der Waals surface area contributed by atoms with Crippen LogP contribution in [0.2, 0.25) is 0 Å². The summed E-state index contributed by atoms with van der Waals surface area (Å²) in [6, 6.07) is 29.7. The Hall–Kier alpha value is -3.07. The first-order valence-electron chi connectivity index (χ1n) is 8.84. The lowest BCUT2D eigenvalue weighted by Crippen LogP contribution is -2.27. The normalized spacial score (nSPS) is 11.5. The zero-order valence-electron chi connectivity index (χ0n) is 14.7. The number of nitrogens with one attached hydrogen (secondary N) is 1. The molecule has 3 heteroatoms. The van der Waals surface area contributed by atoms with Crippen LogP contribution < -0.4 is 5.32 Å². The summed E-state index contributed by atoms with van der Waals surface area (Å²) >= 11 is 0. The third-order valence-electron chi connectivity index (χ3n) is 4.21. The molecule has 0 amide bonds. The minimum Gasteiger partial charge on any atom is -0.461 e. The van der Waals surface area contributed by atoms with E-state index in [0.29, 0.717) is 19.6 Å². The van der Waals surface area contributed by atoms with Crippen LogP contribution in [0, 0.1) is 5.92 Å². The average molecular weight is 345 g/mol. The summed E-state index contributed by atoms with van der Waals surface area (Å²) in [7, 11) is 0. The van der Waals surface area contributed by atoms with Gasteiger partial charge in [-0.25, -0.2) is 0 Å².